The minimum absolute atomic E-state index is 0.111. The van der Waals surface area contributed by atoms with Crippen molar-refractivity contribution in [3.8, 4) is 0 Å². The van der Waals surface area contributed by atoms with Crippen LogP contribution in [-0.4, -0.2) is 19.3 Å². The summed E-state index contributed by atoms with van der Waals surface area (Å²) in [5.74, 6) is 0.579. The van der Waals surface area contributed by atoms with E-state index in [1.807, 2.05) is 32.9 Å². The van der Waals surface area contributed by atoms with E-state index >= 15 is 0 Å². The summed E-state index contributed by atoms with van der Waals surface area (Å²) >= 11 is 2.31. The molecule has 0 aliphatic rings. The summed E-state index contributed by atoms with van der Waals surface area (Å²) in [5, 5.41) is 3.14. The number of hydrogen-bond donors (Lipinski definition) is 1. The van der Waals surface area contributed by atoms with E-state index in [4.69, 9.17) is 9.47 Å². The lowest BCUT2D eigenvalue weighted by molar-refractivity contribution is -0.0270. The molecule has 0 fully saturated rings. The SMILES string of the molecule is C=C(NC(C)C)O[C@@H](C)[C@@H](OC)c1ccccc1I. The number of halogens is 1. The lowest BCUT2D eigenvalue weighted by atomic mass is 10.1. The molecule has 1 aromatic rings. The Hall–Kier alpha value is -0.750. The number of rotatable bonds is 7. The molecule has 0 aliphatic heterocycles. The van der Waals surface area contributed by atoms with Gasteiger partial charge < -0.3 is 14.8 Å². The quantitative estimate of drug-likeness (QED) is 0.580. The molecule has 0 aromatic heterocycles. The summed E-state index contributed by atoms with van der Waals surface area (Å²) in [6.45, 7) is 9.96. The standard InChI is InChI=1S/C15H22INO2/c1-10(2)17-12(4)19-11(3)15(18-5)13-8-6-7-9-14(13)16/h6-11,15,17H,4H2,1-3,5H3/t11-,15+/m0/s1. The molecular weight excluding hydrogens is 353 g/mol. The fourth-order valence-electron chi connectivity index (χ4n) is 1.92. The van der Waals surface area contributed by atoms with E-state index in [1.54, 1.807) is 7.11 Å². The molecule has 4 heteroatoms. The zero-order valence-corrected chi connectivity index (χ0v) is 14.1. The lowest BCUT2D eigenvalue weighted by Crippen LogP contribution is -2.28. The van der Waals surface area contributed by atoms with Crippen molar-refractivity contribution in [3.63, 3.8) is 0 Å². The van der Waals surface area contributed by atoms with E-state index in [-0.39, 0.29) is 12.2 Å². The topological polar surface area (TPSA) is 30.5 Å². The van der Waals surface area contributed by atoms with Crippen LogP contribution in [0.15, 0.2) is 36.7 Å². The van der Waals surface area contributed by atoms with E-state index in [2.05, 4.69) is 46.6 Å². The first-order valence-electron chi connectivity index (χ1n) is 6.35. The second-order valence-electron chi connectivity index (χ2n) is 4.72. The van der Waals surface area contributed by atoms with Gasteiger partial charge in [-0.3, -0.25) is 0 Å². The Labute approximate surface area is 129 Å². The van der Waals surface area contributed by atoms with Crippen molar-refractivity contribution in [3.05, 3.63) is 45.9 Å². The largest absolute Gasteiger partial charge is 0.474 e. The number of nitrogens with one attached hydrogen (secondary N) is 1. The van der Waals surface area contributed by atoms with Crippen LogP contribution >= 0.6 is 22.6 Å². The van der Waals surface area contributed by atoms with Gasteiger partial charge >= 0.3 is 0 Å². The maximum atomic E-state index is 5.79. The van der Waals surface area contributed by atoms with Gasteiger partial charge in [0, 0.05) is 16.7 Å². The summed E-state index contributed by atoms with van der Waals surface area (Å²) in [6, 6.07) is 8.46. The van der Waals surface area contributed by atoms with Gasteiger partial charge in [-0.05, 0) is 61.6 Å². The number of benzene rings is 1. The van der Waals surface area contributed by atoms with Crippen molar-refractivity contribution in [2.24, 2.45) is 0 Å². The fraction of sp³-hybridized carbons (Fsp3) is 0.467. The zero-order chi connectivity index (χ0) is 14.4. The molecule has 0 unspecified atom stereocenters. The minimum Gasteiger partial charge on any atom is -0.474 e. The zero-order valence-electron chi connectivity index (χ0n) is 11.9. The molecule has 3 nitrogen and oxygen atoms in total. The van der Waals surface area contributed by atoms with Gasteiger partial charge in [-0.1, -0.05) is 18.2 Å². The third-order valence-corrected chi connectivity index (χ3v) is 3.65. The van der Waals surface area contributed by atoms with Crippen molar-refractivity contribution in [2.45, 2.75) is 39.0 Å². The Morgan fingerprint density at radius 1 is 1.26 bits per heavy atom. The van der Waals surface area contributed by atoms with Gasteiger partial charge in [-0.15, -0.1) is 0 Å². The average Bonchev–Trinajstić information content (AvgIpc) is 2.31. The van der Waals surface area contributed by atoms with E-state index in [0.29, 0.717) is 11.9 Å². The summed E-state index contributed by atoms with van der Waals surface area (Å²) in [4.78, 5) is 0. The van der Waals surface area contributed by atoms with Crippen LogP contribution in [0.1, 0.15) is 32.4 Å². The Morgan fingerprint density at radius 3 is 2.42 bits per heavy atom. The van der Waals surface area contributed by atoms with E-state index < -0.39 is 0 Å². The van der Waals surface area contributed by atoms with Crippen molar-refractivity contribution in [1.82, 2.24) is 5.32 Å². The molecule has 0 saturated heterocycles. The Kier molecular flexibility index (Phi) is 6.65. The van der Waals surface area contributed by atoms with Gasteiger partial charge in [0.15, 0.2) is 5.88 Å². The van der Waals surface area contributed by atoms with Crippen molar-refractivity contribution in [1.29, 1.82) is 0 Å². The van der Waals surface area contributed by atoms with Crippen molar-refractivity contribution >= 4 is 22.6 Å². The smallest absolute Gasteiger partial charge is 0.179 e. The molecule has 19 heavy (non-hydrogen) atoms. The van der Waals surface area contributed by atoms with Crippen LogP contribution in [0.25, 0.3) is 0 Å². The molecule has 1 aromatic carbocycles. The van der Waals surface area contributed by atoms with Crippen LogP contribution in [0, 0.1) is 3.57 Å². The maximum absolute atomic E-state index is 5.79. The molecule has 1 N–H and O–H groups in total. The molecule has 106 valence electrons. The normalized spacial score (nSPS) is 14.0. The molecule has 0 saturated carbocycles. The lowest BCUT2D eigenvalue weighted by Gasteiger charge is -2.26. The van der Waals surface area contributed by atoms with Gasteiger partial charge in [0.25, 0.3) is 0 Å². The molecule has 2 atom stereocenters. The molecule has 0 bridgehead atoms. The first-order chi connectivity index (χ1) is 8.95. The Morgan fingerprint density at radius 2 is 1.89 bits per heavy atom. The molecule has 0 spiro atoms. The van der Waals surface area contributed by atoms with Crippen LogP contribution in [-0.2, 0) is 9.47 Å². The highest BCUT2D eigenvalue weighted by Crippen LogP contribution is 2.27. The highest BCUT2D eigenvalue weighted by molar-refractivity contribution is 14.1. The summed E-state index contributed by atoms with van der Waals surface area (Å²) in [5.41, 5.74) is 1.13. The van der Waals surface area contributed by atoms with Crippen LogP contribution in [0.3, 0.4) is 0 Å². The van der Waals surface area contributed by atoms with Gasteiger partial charge in [-0.25, -0.2) is 0 Å². The minimum atomic E-state index is -0.112. The van der Waals surface area contributed by atoms with Crippen molar-refractivity contribution in [2.75, 3.05) is 7.11 Å². The molecule has 0 radical (unpaired) electrons. The summed E-state index contributed by atoms with van der Waals surface area (Å²) < 4.78 is 12.5. The highest BCUT2D eigenvalue weighted by atomic mass is 127. The van der Waals surface area contributed by atoms with E-state index in [9.17, 15) is 0 Å². The van der Waals surface area contributed by atoms with Gasteiger partial charge in [0.1, 0.15) is 12.2 Å². The van der Waals surface area contributed by atoms with Crippen LogP contribution < -0.4 is 5.32 Å². The van der Waals surface area contributed by atoms with Crippen LogP contribution in [0.5, 0.6) is 0 Å². The third kappa shape index (κ3) is 5.03. The molecule has 0 heterocycles. The predicted molar refractivity (Wildman–Crippen MR) is 86.9 cm³/mol. The van der Waals surface area contributed by atoms with Crippen LogP contribution in [0.2, 0.25) is 0 Å². The number of ether oxygens (including phenoxy) is 2. The molecular formula is C15H22INO2. The Balaban J connectivity index is 2.75. The predicted octanol–water partition coefficient (Wildman–Crippen LogP) is 3.85. The van der Waals surface area contributed by atoms with Gasteiger partial charge in [0.2, 0.25) is 0 Å². The third-order valence-electron chi connectivity index (χ3n) is 2.67. The Bertz CT molecular complexity index is 420. The summed E-state index contributed by atoms with van der Waals surface area (Å²) in [7, 11) is 1.70. The van der Waals surface area contributed by atoms with Gasteiger partial charge in [0.05, 0.1) is 0 Å². The number of methoxy groups -OCH3 is 1. The molecule has 1 rings (SSSR count). The maximum Gasteiger partial charge on any atom is 0.179 e. The highest BCUT2D eigenvalue weighted by Gasteiger charge is 2.22. The second kappa shape index (κ2) is 7.75. The van der Waals surface area contributed by atoms with Crippen LogP contribution in [0.4, 0.5) is 0 Å². The number of hydrogen-bond acceptors (Lipinski definition) is 3. The van der Waals surface area contributed by atoms with E-state index in [1.165, 1.54) is 3.57 Å². The molecule has 0 aliphatic carbocycles. The summed E-state index contributed by atoms with van der Waals surface area (Å²) in [6.07, 6.45) is -0.224. The molecule has 0 amide bonds. The monoisotopic (exact) mass is 375 g/mol. The van der Waals surface area contributed by atoms with E-state index in [0.717, 1.165) is 5.56 Å². The van der Waals surface area contributed by atoms with Crippen molar-refractivity contribution < 1.29 is 9.47 Å². The average molecular weight is 375 g/mol. The first kappa shape index (κ1) is 16.3. The second-order valence-corrected chi connectivity index (χ2v) is 5.89. The fourth-order valence-corrected chi connectivity index (χ4v) is 2.61. The first-order valence-corrected chi connectivity index (χ1v) is 7.43. The van der Waals surface area contributed by atoms with Gasteiger partial charge in [-0.2, -0.15) is 0 Å².